The lowest BCUT2D eigenvalue weighted by Gasteiger charge is -2.44. The highest BCUT2D eigenvalue weighted by atomic mass is 16.5. The molecule has 0 saturated heterocycles. The summed E-state index contributed by atoms with van der Waals surface area (Å²) in [7, 11) is 0. The number of fused-ring (bicyclic) bond motifs is 15. The fourth-order valence-corrected chi connectivity index (χ4v) is 11.0. The largest absolute Gasteiger partial charge is 0.486 e. The van der Waals surface area contributed by atoms with E-state index < -0.39 is 0 Å². The second kappa shape index (κ2) is 11.6. The molecular weight excluding hydrogens is 705 g/mol. The fourth-order valence-electron chi connectivity index (χ4n) is 11.0. The minimum absolute atomic E-state index is 0.0286. The van der Waals surface area contributed by atoms with E-state index in [1.165, 1.54) is 104 Å². The Labute approximate surface area is 337 Å². The van der Waals surface area contributed by atoms with Gasteiger partial charge in [0.2, 0.25) is 0 Å². The molecule has 9 aromatic rings. The Morgan fingerprint density at radius 3 is 2.05 bits per heavy atom. The molecule has 0 fully saturated rings. The third-order valence-corrected chi connectivity index (χ3v) is 13.7. The number of nitrogens with zero attached hydrogens (tertiary/aromatic N) is 2. The lowest BCUT2D eigenvalue weighted by molar-refractivity contribution is 0.116. The van der Waals surface area contributed by atoms with E-state index in [0.717, 1.165) is 18.6 Å². The van der Waals surface area contributed by atoms with Gasteiger partial charge in [-0.3, -0.25) is 0 Å². The van der Waals surface area contributed by atoms with E-state index in [1.54, 1.807) is 0 Å². The molecule has 2 atom stereocenters. The molecule has 0 N–H and O–H groups in total. The van der Waals surface area contributed by atoms with Gasteiger partial charge < -0.3 is 14.2 Å². The molecule has 3 nitrogen and oxygen atoms in total. The first-order chi connectivity index (χ1) is 28.5. The Morgan fingerprint density at radius 2 is 1.22 bits per heavy atom. The molecule has 4 aliphatic rings. The summed E-state index contributed by atoms with van der Waals surface area (Å²) in [5.74, 6) is 1.09. The van der Waals surface area contributed by atoms with Crippen LogP contribution in [0.25, 0.3) is 81.7 Å². The normalized spacial score (nSPS) is 19.0. The predicted octanol–water partition coefficient (Wildman–Crippen LogP) is 14.0. The summed E-state index contributed by atoms with van der Waals surface area (Å²) in [6.07, 6.45) is 15.3. The summed E-state index contributed by atoms with van der Waals surface area (Å²) in [5.41, 5.74) is 11.3. The number of benzene rings is 8. The van der Waals surface area contributed by atoms with Crippen molar-refractivity contribution < 1.29 is 4.74 Å². The van der Waals surface area contributed by atoms with Crippen molar-refractivity contribution in [1.82, 2.24) is 4.57 Å². The van der Waals surface area contributed by atoms with Gasteiger partial charge in [-0.25, -0.2) is 0 Å². The van der Waals surface area contributed by atoms with Gasteiger partial charge >= 0.3 is 0 Å². The van der Waals surface area contributed by atoms with Crippen LogP contribution in [-0.4, -0.2) is 16.7 Å². The van der Waals surface area contributed by atoms with Crippen molar-refractivity contribution in [2.45, 2.75) is 44.2 Å². The molecule has 8 aromatic carbocycles. The van der Waals surface area contributed by atoms with Crippen molar-refractivity contribution in [3.63, 3.8) is 0 Å². The summed E-state index contributed by atoms with van der Waals surface area (Å²) in [4.78, 5) is 2.57. The zero-order valence-electron chi connectivity index (χ0n) is 32.5. The average molecular weight is 745 g/mol. The van der Waals surface area contributed by atoms with Crippen molar-refractivity contribution in [1.29, 1.82) is 0 Å². The summed E-state index contributed by atoms with van der Waals surface area (Å²) in [5, 5.41) is 12.9. The van der Waals surface area contributed by atoms with Crippen LogP contribution in [0, 0.1) is 0 Å². The molecule has 3 aliphatic carbocycles. The highest BCUT2D eigenvalue weighted by molar-refractivity contribution is 6.33. The smallest absolute Gasteiger partial charge is 0.141 e. The molecule has 13 rings (SSSR count). The van der Waals surface area contributed by atoms with Crippen LogP contribution in [0.15, 0.2) is 181 Å². The Hall–Kier alpha value is -6.84. The molecule has 1 aliphatic heterocycles. The maximum absolute atomic E-state index is 6.68. The van der Waals surface area contributed by atoms with Crippen LogP contribution in [0.3, 0.4) is 0 Å². The predicted molar refractivity (Wildman–Crippen MR) is 243 cm³/mol. The van der Waals surface area contributed by atoms with E-state index in [9.17, 15) is 0 Å². The van der Waals surface area contributed by atoms with Gasteiger partial charge in [0.05, 0.1) is 28.5 Å². The van der Waals surface area contributed by atoms with E-state index in [-0.39, 0.29) is 17.6 Å². The molecule has 0 bridgehead atoms. The quantitative estimate of drug-likeness (QED) is 0.164. The Balaban J connectivity index is 1.11. The molecule has 0 amide bonds. The van der Waals surface area contributed by atoms with E-state index in [0.29, 0.717) is 0 Å². The molecular formula is C55H40N2O. The monoisotopic (exact) mass is 744 g/mol. The number of anilines is 1. The molecule has 2 unspecified atom stereocenters. The number of hydrogen-bond donors (Lipinski definition) is 0. The number of allylic oxidation sites excluding steroid dienone is 5. The van der Waals surface area contributed by atoms with Gasteiger partial charge in [0.15, 0.2) is 0 Å². The number of ether oxygens (including phenoxy) is 1. The molecule has 0 radical (unpaired) electrons. The van der Waals surface area contributed by atoms with Gasteiger partial charge in [0.25, 0.3) is 0 Å². The topological polar surface area (TPSA) is 17.4 Å². The van der Waals surface area contributed by atoms with Crippen LogP contribution in [0.1, 0.15) is 37.8 Å². The van der Waals surface area contributed by atoms with Gasteiger partial charge in [0, 0.05) is 33.7 Å². The highest BCUT2D eigenvalue weighted by Gasteiger charge is 2.39. The third kappa shape index (κ3) is 4.23. The van der Waals surface area contributed by atoms with Crippen LogP contribution in [0.5, 0.6) is 0 Å². The number of aromatic nitrogens is 1. The zero-order chi connectivity index (χ0) is 38.3. The van der Waals surface area contributed by atoms with E-state index in [4.69, 9.17) is 4.74 Å². The van der Waals surface area contributed by atoms with E-state index in [2.05, 4.69) is 193 Å². The molecule has 0 saturated carbocycles. The highest BCUT2D eigenvalue weighted by Crippen LogP contribution is 2.54. The first-order valence-corrected chi connectivity index (χ1v) is 20.7. The van der Waals surface area contributed by atoms with Crippen molar-refractivity contribution in [2.24, 2.45) is 0 Å². The SMILES string of the molecule is CC1(C)c2cc3c(cc2-c2cc4c5ccccc5n(-c5ccccc5)c4cc21)c1ccccc1c1cc(N2C4=C(CCC=C4)OC4C=CC=CC42)c2ccccc2c31. The molecule has 2 heterocycles. The van der Waals surface area contributed by atoms with Crippen molar-refractivity contribution in [3.8, 4) is 16.8 Å². The van der Waals surface area contributed by atoms with Crippen LogP contribution in [-0.2, 0) is 10.2 Å². The fraction of sp³-hybridized carbons (Fsp3) is 0.127. The Kier molecular flexibility index (Phi) is 6.46. The zero-order valence-corrected chi connectivity index (χ0v) is 32.5. The molecule has 58 heavy (non-hydrogen) atoms. The van der Waals surface area contributed by atoms with Gasteiger partial charge in [-0.05, 0) is 127 Å². The van der Waals surface area contributed by atoms with E-state index >= 15 is 0 Å². The second-order valence-electron chi connectivity index (χ2n) is 17.0. The molecule has 1 aromatic heterocycles. The van der Waals surface area contributed by atoms with Crippen molar-refractivity contribution in [3.05, 3.63) is 192 Å². The molecule has 3 heteroatoms. The summed E-state index contributed by atoms with van der Waals surface area (Å²) in [6, 6.07) is 50.5. The van der Waals surface area contributed by atoms with Crippen LogP contribution in [0.2, 0.25) is 0 Å². The number of rotatable bonds is 2. The van der Waals surface area contributed by atoms with Crippen LogP contribution >= 0.6 is 0 Å². The molecule has 0 spiro atoms. The standard InChI is InChI=1S/C55H40N2O/c1-55(2)45-30-43-39(28-40(45)41-29-42-37-21-10-11-23-47(37)56(51(42)32-46(41)55)33-16-4-3-5-17-33)34-18-6-7-19-35(34)44-31-50(36-20-8-9-22-38(36)54(43)44)57-48-24-12-14-26-52(48)58-53-27-15-13-25-49(53)57/h3-14,16-26,28-32,48,52H,15,27H2,1-2H3. The Bertz CT molecular complexity index is 3410. The lowest BCUT2D eigenvalue weighted by atomic mass is 9.80. The second-order valence-corrected chi connectivity index (χ2v) is 17.0. The number of hydrogen-bond acceptors (Lipinski definition) is 2. The summed E-state index contributed by atoms with van der Waals surface area (Å²) >= 11 is 0. The minimum atomic E-state index is -0.210. The van der Waals surface area contributed by atoms with Crippen molar-refractivity contribution in [2.75, 3.05) is 4.90 Å². The van der Waals surface area contributed by atoms with Gasteiger partial charge in [0.1, 0.15) is 11.9 Å². The van der Waals surface area contributed by atoms with Crippen LogP contribution in [0.4, 0.5) is 5.69 Å². The molecule has 276 valence electrons. The van der Waals surface area contributed by atoms with Crippen LogP contribution < -0.4 is 4.90 Å². The summed E-state index contributed by atoms with van der Waals surface area (Å²) in [6.45, 7) is 4.85. The number of para-hydroxylation sites is 2. The summed E-state index contributed by atoms with van der Waals surface area (Å²) < 4.78 is 9.13. The van der Waals surface area contributed by atoms with Crippen molar-refractivity contribution >= 4 is 70.6 Å². The van der Waals surface area contributed by atoms with Gasteiger partial charge in [-0.2, -0.15) is 0 Å². The average Bonchev–Trinajstić information content (AvgIpc) is 3.71. The first-order valence-electron chi connectivity index (χ1n) is 20.7. The first kappa shape index (κ1) is 32.3. The maximum Gasteiger partial charge on any atom is 0.141 e. The van der Waals surface area contributed by atoms with Gasteiger partial charge in [-0.15, -0.1) is 0 Å². The minimum Gasteiger partial charge on any atom is -0.486 e. The third-order valence-electron chi connectivity index (χ3n) is 13.7. The lowest BCUT2D eigenvalue weighted by Crippen LogP contribution is -2.47. The maximum atomic E-state index is 6.68. The van der Waals surface area contributed by atoms with Gasteiger partial charge in [-0.1, -0.05) is 123 Å². The van der Waals surface area contributed by atoms with E-state index in [1.807, 2.05) is 0 Å². The Morgan fingerprint density at radius 1 is 0.569 bits per heavy atom.